The highest BCUT2D eigenvalue weighted by Crippen LogP contribution is 2.23. The van der Waals surface area contributed by atoms with Crippen molar-refractivity contribution in [3.8, 4) is 0 Å². The molecule has 2 rings (SSSR count). The number of hydrogen-bond acceptors (Lipinski definition) is 2. The number of carbonyl (C=O) groups excluding carboxylic acids is 1. The Hall–Kier alpha value is -1.42. The summed E-state index contributed by atoms with van der Waals surface area (Å²) in [5.74, 6) is -0.568. The Morgan fingerprint density at radius 1 is 1.42 bits per heavy atom. The number of nitrogens with one attached hydrogen (secondary N) is 1. The van der Waals surface area contributed by atoms with Gasteiger partial charge in [0.05, 0.1) is 5.54 Å². The van der Waals surface area contributed by atoms with Gasteiger partial charge in [-0.1, -0.05) is 6.07 Å². The van der Waals surface area contributed by atoms with Gasteiger partial charge in [-0.3, -0.25) is 9.69 Å². The summed E-state index contributed by atoms with van der Waals surface area (Å²) in [6.45, 7) is 9.79. The maximum absolute atomic E-state index is 13.2. The second kappa shape index (κ2) is 4.93. The molecule has 19 heavy (non-hydrogen) atoms. The lowest BCUT2D eigenvalue weighted by atomic mass is 9.90. The number of aryl methyl sites for hydroxylation is 1. The molecule has 0 atom stereocenters. The molecule has 1 aromatic carbocycles. The molecule has 1 fully saturated rings. The van der Waals surface area contributed by atoms with Crippen LogP contribution in [-0.2, 0) is 0 Å². The molecule has 0 saturated carbocycles. The van der Waals surface area contributed by atoms with Gasteiger partial charge in [-0.2, -0.15) is 0 Å². The van der Waals surface area contributed by atoms with Gasteiger partial charge in [0.15, 0.2) is 0 Å². The van der Waals surface area contributed by atoms with Crippen LogP contribution in [0.1, 0.15) is 36.7 Å². The van der Waals surface area contributed by atoms with Crippen molar-refractivity contribution >= 4 is 5.91 Å². The van der Waals surface area contributed by atoms with Gasteiger partial charge in [-0.25, -0.2) is 4.39 Å². The van der Waals surface area contributed by atoms with Crippen molar-refractivity contribution in [2.45, 2.75) is 39.3 Å². The molecular weight excluding hydrogens is 243 g/mol. The van der Waals surface area contributed by atoms with Crippen LogP contribution >= 0.6 is 0 Å². The van der Waals surface area contributed by atoms with Gasteiger partial charge in [0, 0.05) is 24.7 Å². The summed E-state index contributed by atoms with van der Waals surface area (Å²) in [6.07, 6.45) is 0. The fraction of sp³-hybridized carbons (Fsp3) is 0.533. The van der Waals surface area contributed by atoms with Crippen LogP contribution in [0, 0.1) is 12.7 Å². The molecule has 0 unspecified atom stereocenters. The number of rotatable bonds is 3. The molecule has 0 bridgehead atoms. The van der Waals surface area contributed by atoms with Crippen molar-refractivity contribution in [3.05, 3.63) is 35.1 Å². The predicted octanol–water partition coefficient (Wildman–Crippen LogP) is 2.35. The topological polar surface area (TPSA) is 32.3 Å². The number of hydrogen-bond donors (Lipinski definition) is 1. The monoisotopic (exact) mass is 264 g/mol. The van der Waals surface area contributed by atoms with Crippen molar-refractivity contribution in [3.63, 3.8) is 0 Å². The summed E-state index contributed by atoms with van der Waals surface area (Å²) in [7, 11) is 0. The first kappa shape index (κ1) is 14.0. The molecule has 4 heteroatoms. The summed E-state index contributed by atoms with van der Waals surface area (Å²) in [4.78, 5) is 14.5. The zero-order valence-electron chi connectivity index (χ0n) is 12.0. The largest absolute Gasteiger partial charge is 0.344 e. The summed E-state index contributed by atoms with van der Waals surface area (Å²) in [5.41, 5.74) is 1.01. The Kier molecular flexibility index (Phi) is 3.63. The summed E-state index contributed by atoms with van der Waals surface area (Å²) in [5, 5.41) is 3.01. The highest BCUT2D eigenvalue weighted by atomic mass is 19.1. The third-order valence-electron chi connectivity index (χ3n) is 3.69. The molecule has 1 N–H and O–H groups in total. The van der Waals surface area contributed by atoms with Crippen LogP contribution in [0.3, 0.4) is 0 Å². The molecule has 1 aromatic rings. The van der Waals surface area contributed by atoms with Crippen LogP contribution in [0.4, 0.5) is 4.39 Å². The molecule has 0 spiro atoms. The summed E-state index contributed by atoms with van der Waals surface area (Å²) in [6, 6.07) is 4.79. The van der Waals surface area contributed by atoms with Crippen molar-refractivity contribution in [2.75, 3.05) is 13.1 Å². The number of benzene rings is 1. The molecule has 3 nitrogen and oxygen atoms in total. The quantitative estimate of drug-likeness (QED) is 0.909. The first-order valence-electron chi connectivity index (χ1n) is 6.63. The zero-order valence-corrected chi connectivity index (χ0v) is 12.0. The second-order valence-corrected chi connectivity index (χ2v) is 5.97. The van der Waals surface area contributed by atoms with E-state index in [1.165, 1.54) is 12.1 Å². The lowest BCUT2D eigenvalue weighted by Gasteiger charge is -2.50. The average Bonchev–Trinajstić information content (AvgIpc) is 2.28. The first-order valence-corrected chi connectivity index (χ1v) is 6.63. The SMILES string of the molecule is Cc1ccc(F)cc1C(=O)NC1(C)CN(C(C)C)C1. The molecule has 0 aliphatic carbocycles. The number of likely N-dealkylation sites (tertiary alicyclic amines) is 1. The van der Waals surface area contributed by atoms with Crippen molar-refractivity contribution in [1.82, 2.24) is 10.2 Å². The van der Waals surface area contributed by atoms with E-state index in [1.54, 1.807) is 6.07 Å². The first-order chi connectivity index (χ1) is 8.81. The third kappa shape index (κ3) is 2.95. The Morgan fingerprint density at radius 3 is 2.63 bits per heavy atom. The van der Waals surface area contributed by atoms with Gasteiger partial charge in [0.2, 0.25) is 0 Å². The van der Waals surface area contributed by atoms with E-state index in [4.69, 9.17) is 0 Å². The Labute approximate surface area is 113 Å². The van der Waals surface area contributed by atoms with E-state index >= 15 is 0 Å². The molecule has 104 valence electrons. The minimum atomic E-state index is -0.377. The number of halogens is 1. The minimum absolute atomic E-state index is 0.192. The van der Waals surface area contributed by atoms with Crippen LogP contribution in [0.2, 0.25) is 0 Å². The number of carbonyl (C=O) groups is 1. The van der Waals surface area contributed by atoms with Crippen molar-refractivity contribution in [1.29, 1.82) is 0 Å². The summed E-state index contributed by atoms with van der Waals surface area (Å²) < 4.78 is 13.2. The Morgan fingerprint density at radius 2 is 2.05 bits per heavy atom. The Bertz CT molecular complexity index is 493. The van der Waals surface area contributed by atoms with Gasteiger partial charge in [-0.05, 0) is 45.4 Å². The molecule has 1 saturated heterocycles. The summed E-state index contributed by atoms with van der Waals surface area (Å²) >= 11 is 0. The molecule has 1 heterocycles. The van der Waals surface area contributed by atoms with E-state index in [1.807, 2.05) is 13.8 Å². The lowest BCUT2D eigenvalue weighted by Crippen LogP contribution is -2.69. The van der Waals surface area contributed by atoms with Gasteiger partial charge in [0.1, 0.15) is 5.82 Å². The predicted molar refractivity (Wildman–Crippen MR) is 73.7 cm³/mol. The molecule has 0 aromatic heterocycles. The van der Waals surface area contributed by atoms with Gasteiger partial charge in [-0.15, -0.1) is 0 Å². The number of nitrogens with zero attached hydrogens (tertiary/aromatic N) is 1. The maximum Gasteiger partial charge on any atom is 0.252 e. The van der Waals surface area contributed by atoms with E-state index < -0.39 is 0 Å². The third-order valence-corrected chi connectivity index (χ3v) is 3.69. The van der Waals surface area contributed by atoms with Crippen molar-refractivity contribution < 1.29 is 9.18 Å². The van der Waals surface area contributed by atoms with Crippen LogP contribution < -0.4 is 5.32 Å². The maximum atomic E-state index is 13.2. The van der Waals surface area contributed by atoms with Gasteiger partial charge in [0.25, 0.3) is 5.91 Å². The fourth-order valence-electron chi connectivity index (χ4n) is 2.47. The van der Waals surface area contributed by atoms with Crippen LogP contribution in [-0.4, -0.2) is 35.5 Å². The normalized spacial score (nSPS) is 18.2. The van der Waals surface area contributed by atoms with E-state index in [0.717, 1.165) is 18.7 Å². The van der Waals surface area contributed by atoms with Crippen molar-refractivity contribution in [2.24, 2.45) is 0 Å². The number of amides is 1. The van der Waals surface area contributed by atoms with Crippen LogP contribution in [0.5, 0.6) is 0 Å². The minimum Gasteiger partial charge on any atom is -0.344 e. The van der Waals surface area contributed by atoms with E-state index in [0.29, 0.717) is 11.6 Å². The smallest absolute Gasteiger partial charge is 0.252 e. The zero-order chi connectivity index (χ0) is 14.2. The van der Waals surface area contributed by atoms with Gasteiger partial charge < -0.3 is 5.32 Å². The van der Waals surface area contributed by atoms with Gasteiger partial charge >= 0.3 is 0 Å². The van der Waals surface area contributed by atoms with E-state index in [9.17, 15) is 9.18 Å². The second-order valence-electron chi connectivity index (χ2n) is 5.97. The average molecular weight is 264 g/mol. The van der Waals surface area contributed by atoms with Crippen LogP contribution in [0.15, 0.2) is 18.2 Å². The van der Waals surface area contributed by atoms with E-state index in [-0.39, 0.29) is 17.3 Å². The highest BCUT2D eigenvalue weighted by molar-refractivity contribution is 5.96. The molecule has 1 aliphatic rings. The molecule has 1 amide bonds. The Balaban J connectivity index is 2.04. The van der Waals surface area contributed by atoms with Crippen LogP contribution in [0.25, 0.3) is 0 Å². The molecular formula is C15H21FN2O. The lowest BCUT2D eigenvalue weighted by molar-refractivity contribution is 0.0266. The highest BCUT2D eigenvalue weighted by Gasteiger charge is 2.41. The standard InChI is InChI=1S/C15H21FN2O/c1-10(2)18-8-15(4,9-18)17-14(19)13-7-12(16)6-5-11(13)3/h5-7,10H,8-9H2,1-4H3,(H,17,19). The molecule has 1 aliphatic heterocycles. The van der Waals surface area contributed by atoms with E-state index in [2.05, 4.69) is 24.1 Å². The fourth-order valence-corrected chi connectivity index (χ4v) is 2.47. The molecule has 0 radical (unpaired) electrons.